The van der Waals surface area contributed by atoms with E-state index in [1.165, 1.54) is 49.2 Å². The summed E-state index contributed by atoms with van der Waals surface area (Å²) >= 11 is 0. The van der Waals surface area contributed by atoms with Crippen molar-refractivity contribution in [3.8, 4) is 11.5 Å². The van der Waals surface area contributed by atoms with Crippen LogP contribution in [-0.4, -0.2) is 62.3 Å². The summed E-state index contributed by atoms with van der Waals surface area (Å²) in [6.07, 6.45) is 5.86. The van der Waals surface area contributed by atoms with Gasteiger partial charge in [0, 0.05) is 25.7 Å². The maximum atomic E-state index is 6.14. The van der Waals surface area contributed by atoms with Crippen LogP contribution in [0.5, 0.6) is 11.5 Å². The number of likely N-dealkylation sites (tertiary alicyclic amines) is 1. The van der Waals surface area contributed by atoms with Crippen LogP contribution in [-0.2, 0) is 12.8 Å². The van der Waals surface area contributed by atoms with Gasteiger partial charge in [0.15, 0.2) is 0 Å². The summed E-state index contributed by atoms with van der Waals surface area (Å²) < 4.78 is 11.4. The van der Waals surface area contributed by atoms with Crippen molar-refractivity contribution in [3.05, 3.63) is 59.2 Å². The summed E-state index contributed by atoms with van der Waals surface area (Å²) in [5, 5.41) is 0. The number of ether oxygens (including phenoxy) is 2. The fraction of sp³-hybridized carbons (Fsp3) is 0.571. The van der Waals surface area contributed by atoms with Crippen LogP contribution in [0.4, 0.5) is 0 Å². The van der Waals surface area contributed by atoms with Crippen LogP contribution >= 0.6 is 0 Å². The number of hydrogen-bond donors (Lipinski definition) is 0. The van der Waals surface area contributed by atoms with Crippen molar-refractivity contribution in [2.45, 2.75) is 57.9 Å². The van der Waals surface area contributed by atoms with Gasteiger partial charge in [-0.15, -0.1) is 0 Å². The lowest BCUT2D eigenvalue weighted by Gasteiger charge is -2.32. The lowest BCUT2D eigenvalue weighted by Crippen LogP contribution is -2.34. The molecule has 4 rings (SSSR count). The molecule has 2 aromatic rings. The molecule has 0 saturated carbocycles. The minimum Gasteiger partial charge on any atom is -0.497 e. The molecule has 2 aliphatic rings. The second-order valence-electron chi connectivity index (χ2n) is 9.65. The van der Waals surface area contributed by atoms with E-state index in [0.29, 0.717) is 12.0 Å². The van der Waals surface area contributed by atoms with E-state index >= 15 is 0 Å². The van der Waals surface area contributed by atoms with Crippen LogP contribution in [0, 0.1) is 0 Å². The Kier molecular flexibility index (Phi) is 8.10. The first-order valence-corrected chi connectivity index (χ1v) is 12.5. The zero-order valence-electron chi connectivity index (χ0n) is 20.2. The van der Waals surface area contributed by atoms with Crippen LogP contribution in [0.25, 0.3) is 0 Å². The van der Waals surface area contributed by atoms with Crippen LogP contribution < -0.4 is 9.47 Å². The largest absolute Gasteiger partial charge is 0.497 e. The molecule has 0 N–H and O–H groups in total. The Labute approximate surface area is 194 Å². The van der Waals surface area contributed by atoms with Gasteiger partial charge in [-0.3, -0.25) is 0 Å². The third-order valence-corrected chi connectivity index (χ3v) is 7.31. The Morgan fingerprint density at radius 3 is 2.25 bits per heavy atom. The van der Waals surface area contributed by atoms with Crippen molar-refractivity contribution in [2.24, 2.45) is 0 Å². The Balaban J connectivity index is 1.17. The molecule has 2 aromatic carbocycles. The summed E-state index contributed by atoms with van der Waals surface area (Å²) in [7, 11) is 1.73. The maximum Gasteiger partial charge on any atom is 0.119 e. The third kappa shape index (κ3) is 6.05. The van der Waals surface area contributed by atoms with Crippen LogP contribution in [0.3, 0.4) is 0 Å². The minimum absolute atomic E-state index is 0.626. The number of methoxy groups -OCH3 is 1. The maximum absolute atomic E-state index is 6.14. The van der Waals surface area contributed by atoms with Gasteiger partial charge in [-0.1, -0.05) is 18.2 Å². The molecular weight excluding hydrogens is 396 g/mol. The van der Waals surface area contributed by atoms with E-state index in [2.05, 4.69) is 66.1 Å². The van der Waals surface area contributed by atoms with Gasteiger partial charge in [0.1, 0.15) is 11.5 Å². The average molecular weight is 437 g/mol. The van der Waals surface area contributed by atoms with Crippen LogP contribution in [0.1, 0.15) is 55.7 Å². The highest BCUT2D eigenvalue weighted by Crippen LogP contribution is 2.29. The summed E-state index contributed by atoms with van der Waals surface area (Å²) in [4.78, 5) is 5.18. The average Bonchev–Trinajstić information content (AvgIpc) is 3.05. The van der Waals surface area contributed by atoms with Gasteiger partial charge in [0.2, 0.25) is 0 Å². The molecule has 0 bridgehead atoms. The Morgan fingerprint density at radius 2 is 1.56 bits per heavy atom. The molecule has 0 aliphatic carbocycles. The standard InChI is InChI=1S/C28H40N2O2/c1-22(2)30-18-13-24-7-10-28(21-26(24)14-19-30)32-20-4-15-29-16-11-25(12-17-29)23-5-8-27(31-3)9-6-23/h5-10,21-22,25H,4,11-20H2,1-3H3. The van der Waals surface area contributed by atoms with Gasteiger partial charge in [0.25, 0.3) is 0 Å². The molecule has 0 spiro atoms. The zero-order valence-corrected chi connectivity index (χ0v) is 20.2. The molecule has 0 unspecified atom stereocenters. The van der Waals surface area contributed by atoms with E-state index in [-0.39, 0.29) is 0 Å². The number of fused-ring (bicyclic) bond motifs is 1. The zero-order chi connectivity index (χ0) is 22.3. The predicted octanol–water partition coefficient (Wildman–Crippen LogP) is 5.15. The Hall–Kier alpha value is -2.04. The number of hydrogen-bond acceptors (Lipinski definition) is 4. The number of nitrogens with zero attached hydrogens (tertiary/aromatic N) is 2. The van der Waals surface area contributed by atoms with E-state index in [0.717, 1.165) is 50.5 Å². The topological polar surface area (TPSA) is 24.9 Å². The van der Waals surface area contributed by atoms with E-state index in [1.54, 1.807) is 7.11 Å². The highest BCUT2D eigenvalue weighted by Gasteiger charge is 2.20. The predicted molar refractivity (Wildman–Crippen MR) is 132 cm³/mol. The van der Waals surface area contributed by atoms with Gasteiger partial charge in [0.05, 0.1) is 13.7 Å². The normalized spacial score (nSPS) is 18.4. The Morgan fingerprint density at radius 1 is 0.875 bits per heavy atom. The van der Waals surface area contributed by atoms with E-state index in [9.17, 15) is 0 Å². The highest BCUT2D eigenvalue weighted by molar-refractivity contribution is 5.37. The highest BCUT2D eigenvalue weighted by atomic mass is 16.5. The van der Waals surface area contributed by atoms with E-state index in [4.69, 9.17) is 9.47 Å². The summed E-state index contributed by atoms with van der Waals surface area (Å²) in [5.41, 5.74) is 4.43. The fourth-order valence-corrected chi connectivity index (χ4v) is 5.17. The van der Waals surface area contributed by atoms with Crippen LogP contribution in [0.2, 0.25) is 0 Å². The Bertz CT molecular complexity index is 841. The van der Waals surface area contributed by atoms with E-state index < -0.39 is 0 Å². The second-order valence-corrected chi connectivity index (χ2v) is 9.65. The third-order valence-electron chi connectivity index (χ3n) is 7.31. The molecule has 2 aliphatic heterocycles. The molecule has 1 fully saturated rings. The van der Waals surface area contributed by atoms with Gasteiger partial charge < -0.3 is 19.3 Å². The first-order chi connectivity index (χ1) is 15.6. The van der Waals surface area contributed by atoms with Crippen molar-refractivity contribution in [3.63, 3.8) is 0 Å². The van der Waals surface area contributed by atoms with E-state index in [1.807, 2.05) is 0 Å². The summed E-state index contributed by atoms with van der Waals surface area (Å²) in [5.74, 6) is 2.66. The molecule has 32 heavy (non-hydrogen) atoms. The van der Waals surface area contributed by atoms with Crippen molar-refractivity contribution < 1.29 is 9.47 Å². The molecular formula is C28H40N2O2. The molecule has 174 valence electrons. The van der Waals surface area contributed by atoms with Gasteiger partial charge in [-0.05, 0) is 106 Å². The smallest absolute Gasteiger partial charge is 0.119 e. The lowest BCUT2D eigenvalue weighted by molar-refractivity contribution is 0.193. The van der Waals surface area contributed by atoms with Crippen LogP contribution in [0.15, 0.2) is 42.5 Å². The molecule has 4 heteroatoms. The van der Waals surface area contributed by atoms with Crippen molar-refractivity contribution in [1.29, 1.82) is 0 Å². The molecule has 4 nitrogen and oxygen atoms in total. The number of rotatable bonds is 8. The SMILES string of the molecule is COc1ccc(C2CCN(CCCOc3ccc4c(c3)CCN(C(C)C)CC4)CC2)cc1. The van der Waals surface area contributed by atoms with Gasteiger partial charge in [-0.25, -0.2) is 0 Å². The van der Waals surface area contributed by atoms with Crippen molar-refractivity contribution in [2.75, 3.05) is 46.4 Å². The van der Waals surface area contributed by atoms with Crippen molar-refractivity contribution >= 4 is 0 Å². The molecule has 2 heterocycles. The number of piperidine rings is 1. The monoisotopic (exact) mass is 436 g/mol. The molecule has 0 atom stereocenters. The molecule has 0 radical (unpaired) electrons. The van der Waals surface area contributed by atoms with Gasteiger partial charge >= 0.3 is 0 Å². The van der Waals surface area contributed by atoms with Gasteiger partial charge in [-0.2, -0.15) is 0 Å². The molecule has 1 saturated heterocycles. The minimum atomic E-state index is 0.626. The summed E-state index contributed by atoms with van der Waals surface area (Å²) in [6, 6.07) is 16.0. The molecule has 0 amide bonds. The second kappa shape index (κ2) is 11.2. The number of benzene rings is 2. The fourth-order valence-electron chi connectivity index (χ4n) is 5.17. The van der Waals surface area contributed by atoms with Crippen molar-refractivity contribution in [1.82, 2.24) is 9.80 Å². The quantitative estimate of drug-likeness (QED) is 0.534. The first kappa shape index (κ1) is 23.1. The molecule has 0 aromatic heterocycles. The first-order valence-electron chi connectivity index (χ1n) is 12.5. The summed E-state index contributed by atoms with van der Waals surface area (Å²) in [6.45, 7) is 11.2. The lowest BCUT2D eigenvalue weighted by atomic mass is 9.89.